The van der Waals surface area contributed by atoms with E-state index >= 15 is 0 Å². The van der Waals surface area contributed by atoms with E-state index in [4.69, 9.17) is 4.74 Å². The Bertz CT molecular complexity index is 915. The number of ether oxygens (including phenoxy) is 1. The number of carbonyl (C=O) groups is 1. The normalized spacial score (nSPS) is 11.3. The molecule has 1 heterocycles. The number of hydrogen-bond acceptors (Lipinski definition) is 5. The molecule has 27 heavy (non-hydrogen) atoms. The van der Waals surface area contributed by atoms with Gasteiger partial charge in [-0.2, -0.15) is 4.80 Å². The minimum atomic E-state index is -0.281. The Hall–Kier alpha value is -3.22. The molecule has 0 unspecified atom stereocenters. The Labute approximate surface area is 158 Å². The Morgan fingerprint density at radius 2 is 1.74 bits per heavy atom. The van der Waals surface area contributed by atoms with Gasteiger partial charge in [-0.15, -0.1) is 10.2 Å². The number of amides is 1. The van der Waals surface area contributed by atoms with Crippen molar-refractivity contribution in [2.24, 2.45) is 0 Å². The second-order valence-corrected chi connectivity index (χ2v) is 7.18. The molecule has 0 aliphatic heterocycles. The topological polar surface area (TPSA) is 73.1 Å². The van der Waals surface area contributed by atoms with Gasteiger partial charge in [-0.1, -0.05) is 30.3 Å². The third-order valence-electron chi connectivity index (χ3n) is 3.94. The summed E-state index contributed by atoms with van der Waals surface area (Å²) in [6.45, 7) is 5.93. The summed E-state index contributed by atoms with van der Waals surface area (Å²) in [5.74, 6) is 1.56. The van der Waals surface area contributed by atoms with Gasteiger partial charge in [-0.25, -0.2) is 0 Å². The lowest BCUT2D eigenvalue weighted by molar-refractivity contribution is -0.117. The van der Waals surface area contributed by atoms with Crippen molar-refractivity contribution < 1.29 is 9.53 Å². The number of tetrazole rings is 1. The lowest BCUT2D eigenvalue weighted by Crippen LogP contribution is -2.29. The van der Waals surface area contributed by atoms with Crippen LogP contribution in [-0.4, -0.2) is 33.2 Å². The SMILES string of the molecule is CN(C(=O)Cc1nnn(C(C)(C)C)n1)c1ccccc1Oc1ccccc1. The molecular formula is C20H23N5O2. The first-order valence-electron chi connectivity index (χ1n) is 8.72. The number of hydrogen-bond donors (Lipinski definition) is 0. The standard InChI is InChI=1S/C20H23N5O2/c1-20(2,3)25-22-18(21-23-25)14-19(26)24(4)16-12-8-9-13-17(16)27-15-10-6-5-7-11-15/h5-13H,14H2,1-4H3. The van der Waals surface area contributed by atoms with Crippen LogP contribution >= 0.6 is 0 Å². The lowest BCUT2D eigenvalue weighted by Gasteiger charge is -2.20. The molecule has 1 aromatic heterocycles. The molecule has 0 bridgehead atoms. The molecular weight excluding hydrogens is 342 g/mol. The van der Waals surface area contributed by atoms with Gasteiger partial charge in [0.2, 0.25) is 5.91 Å². The van der Waals surface area contributed by atoms with Crippen molar-refractivity contribution in [2.75, 3.05) is 11.9 Å². The first-order chi connectivity index (χ1) is 12.8. The van der Waals surface area contributed by atoms with Crippen LogP contribution in [0.1, 0.15) is 26.6 Å². The van der Waals surface area contributed by atoms with Crippen LogP contribution in [0.5, 0.6) is 11.5 Å². The number of anilines is 1. The van der Waals surface area contributed by atoms with Crippen molar-refractivity contribution in [1.82, 2.24) is 20.2 Å². The summed E-state index contributed by atoms with van der Waals surface area (Å²) >= 11 is 0. The van der Waals surface area contributed by atoms with E-state index in [-0.39, 0.29) is 17.9 Å². The second-order valence-electron chi connectivity index (χ2n) is 7.18. The van der Waals surface area contributed by atoms with E-state index in [0.717, 1.165) is 0 Å². The van der Waals surface area contributed by atoms with Crippen molar-refractivity contribution in [2.45, 2.75) is 32.7 Å². The lowest BCUT2D eigenvalue weighted by atomic mass is 10.1. The summed E-state index contributed by atoms with van der Waals surface area (Å²) in [5, 5.41) is 12.3. The number of aromatic nitrogens is 4. The van der Waals surface area contributed by atoms with Gasteiger partial charge >= 0.3 is 0 Å². The number of nitrogens with zero attached hydrogens (tertiary/aromatic N) is 5. The Morgan fingerprint density at radius 1 is 1.07 bits per heavy atom. The first-order valence-corrected chi connectivity index (χ1v) is 8.72. The van der Waals surface area contributed by atoms with E-state index in [1.807, 2.05) is 75.4 Å². The van der Waals surface area contributed by atoms with Gasteiger partial charge in [0.15, 0.2) is 11.6 Å². The van der Waals surface area contributed by atoms with Crippen molar-refractivity contribution in [3.05, 3.63) is 60.4 Å². The molecule has 1 amide bonds. The first kappa shape index (κ1) is 18.6. The molecule has 2 aromatic carbocycles. The van der Waals surface area contributed by atoms with Crippen LogP contribution in [0.25, 0.3) is 0 Å². The molecule has 3 aromatic rings. The predicted molar refractivity (Wildman–Crippen MR) is 103 cm³/mol. The molecule has 0 atom stereocenters. The van der Waals surface area contributed by atoms with Crippen LogP contribution in [0.15, 0.2) is 54.6 Å². The summed E-state index contributed by atoms with van der Waals surface area (Å²) in [7, 11) is 1.71. The molecule has 0 saturated carbocycles. The molecule has 0 radical (unpaired) electrons. The van der Waals surface area contributed by atoms with Gasteiger partial charge in [0.05, 0.1) is 17.6 Å². The predicted octanol–water partition coefficient (Wildman–Crippen LogP) is 3.43. The van der Waals surface area contributed by atoms with Gasteiger partial charge < -0.3 is 9.64 Å². The van der Waals surface area contributed by atoms with E-state index in [1.54, 1.807) is 11.9 Å². The quantitative estimate of drug-likeness (QED) is 0.693. The van der Waals surface area contributed by atoms with E-state index in [2.05, 4.69) is 15.4 Å². The fraction of sp³-hybridized carbons (Fsp3) is 0.300. The summed E-state index contributed by atoms with van der Waals surface area (Å²) < 4.78 is 5.94. The molecule has 0 aliphatic carbocycles. The van der Waals surface area contributed by atoms with Gasteiger partial charge in [0, 0.05) is 7.05 Å². The minimum absolute atomic E-state index is 0.0618. The van der Waals surface area contributed by atoms with Crippen molar-refractivity contribution in [1.29, 1.82) is 0 Å². The van der Waals surface area contributed by atoms with Crippen LogP contribution in [-0.2, 0) is 16.8 Å². The Kier molecular flexibility index (Phi) is 5.21. The highest BCUT2D eigenvalue weighted by molar-refractivity contribution is 5.95. The maximum absolute atomic E-state index is 12.7. The molecule has 140 valence electrons. The van der Waals surface area contributed by atoms with Crippen molar-refractivity contribution in [3.63, 3.8) is 0 Å². The van der Waals surface area contributed by atoms with Crippen LogP contribution in [0.2, 0.25) is 0 Å². The van der Waals surface area contributed by atoms with E-state index in [0.29, 0.717) is 23.0 Å². The van der Waals surface area contributed by atoms with Gasteiger partial charge in [0.25, 0.3) is 0 Å². The molecule has 0 saturated heterocycles. The maximum Gasteiger partial charge on any atom is 0.234 e. The van der Waals surface area contributed by atoms with Crippen LogP contribution in [0, 0.1) is 0 Å². The van der Waals surface area contributed by atoms with Crippen molar-refractivity contribution in [3.8, 4) is 11.5 Å². The molecule has 0 spiro atoms. The summed E-state index contributed by atoms with van der Waals surface area (Å²) in [6.07, 6.45) is 0.0618. The number of para-hydroxylation sites is 3. The third-order valence-corrected chi connectivity index (χ3v) is 3.94. The highest BCUT2D eigenvalue weighted by Crippen LogP contribution is 2.31. The largest absolute Gasteiger partial charge is 0.455 e. The van der Waals surface area contributed by atoms with Crippen LogP contribution < -0.4 is 9.64 Å². The minimum Gasteiger partial charge on any atom is -0.455 e. The average molecular weight is 365 g/mol. The third kappa shape index (κ3) is 4.49. The highest BCUT2D eigenvalue weighted by atomic mass is 16.5. The summed E-state index contributed by atoms with van der Waals surface area (Å²) in [6, 6.07) is 16.9. The van der Waals surface area contributed by atoms with Gasteiger partial charge in [-0.05, 0) is 50.3 Å². The summed E-state index contributed by atoms with van der Waals surface area (Å²) in [4.78, 5) is 15.8. The number of benzene rings is 2. The van der Waals surface area contributed by atoms with E-state index in [1.165, 1.54) is 4.80 Å². The molecule has 3 rings (SSSR count). The highest BCUT2D eigenvalue weighted by Gasteiger charge is 2.21. The fourth-order valence-electron chi connectivity index (χ4n) is 2.42. The Morgan fingerprint density at radius 3 is 2.41 bits per heavy atom. The van der Waals surface area contributed by atoms with Crippen molar-refractivity contribution >= 4 is 11.6 Å². The molecule has 0 N–H and O–H groups in total. The maximum atomic E-state index is 12.7. The molecule has 7 nitrogen and oxygen atoms in total. The zero-order chi connectivity index (χ0) is 19.4. The number of likely N-dealkylation sites (N-methyl/N-ethyl adjacent to an activating group) is 1. The van der Waals surface area contributed by atoms with Crippen LogP contribution in [0.4, 0.5) is 5.69 Å². The fourth-order valence-corrected chi connectivity index (χ4v) is 2.42. The molecule has 7 heteroatoms. The Balaban J connectivity index is 1.76. The smallest absolute Gasteiger partial charge is 0.234 e. The number of rotatable bonds is 5. The molecule has 0 fully saturated rings. The number of carbonyl (C=O) groups excluding carboxylic acids is 1. The molecule has 0 aliphatic rings. The zero-order valence-electron chi connectivity index (χ0n) is 16.0. The second kappa shape index (κ2) is 7.57. The monoisotopic (exact) mass is 365 g/mol. The van der Waals surface area contributed by atoms with Gasteiger partial charge in [0.1, 0.15) is 5.75 Å². The van der Waals surface area contributed by atoms with Gasteiger partial charge in [-0.3, -0.25) is 4.79 Å². The van der Waals surface area contributed by atoms with E-state index in [9.17, 15) is 4.79 Å². The zero-order valence-corrected chi connectivity index (χ0v) is 16.0. The summed E-state index contributed by atoms with van der Waals surface area (Å²) in [5.41, 5.74) is 0.394. The van der Waals surface area contributed by atoms with E-state index < -0.39 is 0 Å². The van der Waals surface area contributed by atoms with Crippen LogP contribution in [0.3, 0.4) is 0 Å². The average Bonchev–Trinajstić information content (AvgIpc) is 3.11.